The summed E-state index contributed by atoms with van der Waals surface area (Å²) in [7, 11) is 0. The minimum atomic E-state index is -0.532. The van der Waals surface area contributed by atoms with Crippen molar-refractivity contribution in [2.45, 2.75) is 90.7 Å². The molecule has 1 aliphatic carbocycles. The molecule has 0 bridgehead atoms. The number of aromatic nitrogens is 1. The Kier molecular flexibility index (Phi) is 9.03. The Hall–Kier alpha value is -4.36. The van der Waals surface area contributed by atoms with Crippen molar-refractivity contribution in [3.05, 3.63) is 63.8 Å². The molecule has 0 radical (unpaired) electrons. The second-order valence-electron chi connectivity index (χ2n) is 15.8. The summed E-state index contributed by atoms with van der Waals surface area (Å²) < 4.78 is 5.45. The molecule has 3 aromatic rings. The fourth-order valence-electron chi connectivity index (χ4n) is 7.86. The van der Waals surface area contributed by atoms with Crippen molar-refractivity contribution in [1.82, 2.24) is 20.1 Å². The van der Waals surface area contributed by atoms with Crippen molar-refractivity contribution in [3.8, 4) is 6.07 Å². The number of likely N-dealkylation sites (tertiary alicyclic amines) is 1. The van der Waals surface area contributed by atoms with E-state index in [4.69, 9.17) is 4.74 Å². The number of ketones is 1. The zero-order chi connectivity index (χ0) is 35.3. The molecular weight excluding hydrogens is 616 g/mol. The van der Waals surface area contributed by atoms with Crippen molar-refractivity contribution in [2.24, 2.45) is 0 Å². The van der Waals surface area contributed by atoms with Gasteiger partial charge in [0.1, 0.15) is 5.60 Å². The summed E-state index contributed by atoms with van der Waals surface area (Å²) in [5.41, 5.74) is 5.67. The van der Waals surface area contributed by atoms with E-state index in [0.717, 1.165) is 91.0 Å². The zero-order valence-corrected chi connectivity index (χ0v) is 30.1. The van der Waals surface area contributed by atoms with Crippen LogP contribution in [-0.2, 0) is 21.4 Å². The van der Waals surface area contributed by atoms with Gasteiger partial charge in [-0.1, -0.05) is 26.8 Å². The molecule has 1 aromatic heterocycles. The van der Waals surface area contributed by atoms with Crippen molar-refractivity contribution in [2.75, 3.05) is 50.7 Å². The highest BCUT2D eigenvalue weighted by molar-refractivity contribution is 6.20. The van der Waals surface area contributed by atoms with Crippen LogP contribution in [0, 0.1) is 11.3 Å². The van der Waals surface area contributed by atoms with E-state index in [9.17, 15) is 19.6 Å². The summed E-state index contributed by atoms with van der Waals surface area (Å²) in [4.78, 5) is 49.8. The largest absolute Gasteiger partial charge is 0.444 e. The number of aromatic amines is 1. The van der Waals surface area contributed by atoms with Crippen molar-refractivity contribution in [3.63, 3.8) is 0 Å². The molecule has 2 aromatic carbocycles. The van der Waals surface area contributed by atoms with Crippen LogP contribution in [0.3, 0.4) is 0 Å². The number of amides is 2. The van der Waals surface area contributed by atoms with Gasteiger partial charge >= 0.3 is 6.09 Å². The van der Waals surface area contributed by atoms with Crippen LogP contribution in [0.1, 0.15) is 106 Å². The van der Waals surface area contributed by atoms with E-state index in [1.54, 1.807) is 6.07 Å². The monoisotopic (exact) mass is 666 g/mol. The Balaban J connectivity index is 1.07. The van der Waals surface area contributed by atoms with Crippen LogP contribution < -0.4 is 10.2 Å². The van der Waals surface area contributed by atoms with Gasteiger partial charge in [-0.25, -0.2) is 4.79 Å². The zero-order valence-electron chi connectivity index (χ0n) is 30.1. The predicted octanol–water partition coefficient (Wildman–Crippen LogP) is 5.89. The lowest BCUT2D eigenvalue weighted by atomic mass is 9.70. The van der Waals surface area contributed by atoms with Gasteiger partial charge in [0.05, 0.1) is 22.7 Å². The first kappa shape index (κ1) is 34.5. The third-order valence-corrected chi connectivity index (χ3v) is 10.5. The molecule has 49 heavy (non-hydrogen) atoms. The first-order valence-corrected chi connectivity index (χ1v) is 17.7. The number of hydrogen-bond donors (Lipinski definition) is 2. The normalized spacial score (nSPS) is 20.6. The van der Waals surface area contributed by atoms with E-state index < -0.39 is 11.0 Å². The molecule has 10 nitrogen and oxygen atoms in total. The number of nitrogens with zero attached hydrogens (tertiary/aromatic N) is 4. The molecule has 0 spiro atoms. The van der Waals surface area contributed by atoms with Crippen LogP contribution in [-0.4, -0.2) is 89.5 Å². The highest BCUT2D eigenvalue weighted by Gasteiger charge is 2.41. The lowest BCUT2D eigenvalue weighted by Gasteiger charge is -2.39. The van der Waals surface area contributed by atoms with Crippen LogP contribution >= 0.6 is 0 Å². The summed E-state index contributed by atoms with van der Waals surface area (Å²) in [6.07, 6.45) is 2.55. The number of benzene rings is 2. The number of alkyl carbamates (subject to hydrolysis) is 1. The molecule has 2 saturated heterocycles. The Labute approximate surface area is 289 Å². The third-order valence-electron chi connectivity index (χ3n) is 10.5. The Morgan fingerprint density at radius 2 is 1.80 bits per heavy atom. The predicted molar refractivity (Wildman–Crippen MR) is 191 cm³/mol. The second-order valence-corrected chi connectivity index (χ2v) is 15.8. The van der Waals surface area contributed by atoms with Gasteiger partial charge in [-0.05, 0) is 88.9 Å². The van der Waals surface area contributed by atoms with Crippen molar-refractivity contribution >= 4 is 34.4 Å². The Morgan fingerprint density at radius 3 is 2.47 bits per heavy atom. The number of aryl methyl sites for hydroxylation is 1. The van der Waals surface area contributed by atoms with Crippen LogP contribution in [0.4, 0.5) is 10.5 Å². The fourth-order valence-corrected chi connectivity index (χ4v) is 7.86. The average molecular weight is 667 g/mol. The van der Waals surface area contributed by atoms with Crippen LogP contribution in [0.25, 0.3) is 10.9 Å². The summed E-state index contributed by atoms with van der Waals surface area (Å²) in [5, 5.41) is 13.3. The van der Waals surface area contributed by atoms with Crippen molar-refractivity contribution in [1.29, 1.82) is 5.26 Å². The molecule has 1 atom stereocenters. The topological polar surface area (TPSA) is 122 Å². The van der Waals surface area contributed by atoms with Gasteiger partial charge in [-0.3, -0.25) is 9.59 Å². The number of carbonyl (C=O) groups excluding carboxylic acids is 3. The molecule has 0 saturated carbocycles. The number of nitrogens with one attached hydrogen (secondary N) is 2. The minimum Gasteiger partial charge on any atom is -0.444 e. The number of carbonyl (C=O) groups is 3. The lowest BCUT2D eigenvalue weighted by Crippen LogP contribution is -2.50. The molecule has 3 aliphatic rings. The lowest BCUT2D eigenvalue weighted by molar-refractivity contribution is -0.131. The smallest absolute Gasteiger partial charge is 0.408 e. The third kappa shape index (κ3) is 6.78. The highest BCUT2D eigenvalue weighted by atomic mass is 16.6. The number of nitriles is 1. The highest BCUT2D eigenvalue weighted by Crippen LogP contribution is 2.46. The summed E-state index contributed by atoms with van der Waals surface area (Å²) >= 11 is 0. The fraction of sp³-hybridized carbons (Fsp3) is 0.538. The number of hydrogen-bond acceptors (Lipinski definition) is 7. The Bertz CT molecular complexity index is 1840. The SMILES string of the molecule is CCc1cc2c(cc1N1CCN(C(=O)CCCN3CC[C@@](C)(NC(=O)OC(C)(C)C)C3)CC1)C(C)(C)c1[nH]c3cc(C#N)ccc3c1C2=O. The number of piperazine rings is 1. The van der Waals surface area contributed by atoms with Gasteiger partial charge in [-0.15, -0.1) is 0 Å². The first-order valence-electron chi connectivity index (χ1n) is 17.7. The summed E-state index contributed by atoms with van der Waals surface area (Å²) in [6, 6.07) is 12.0. The van der Waals surface area contributed by atoms with E-state index in [2.05, 4.69) is 66.0 Å². The average Bonchev–Trinajstić information content (AvgIpc) is 3.62. The molecule has 6 rings (SSSR count). The van der Waals surface area contributed by atoms with Gasteiger partial charge in [0, 0.05) is 79.0 Å². The molecule has 10 heteroatoms. The second kappa shape index (κ2) is 12.8. The van der Waals surface area contributed by atoms with Crippen LogP contribution in [0.5, 0.6) is 0 Å². The molecule has 0 unspecified atom stereocenters. The van der Waals surface area contributed by atoms with E-state index in [0.29, 0.717) is 30.6 Å². The van der Waals surface area contributed by atoms with E-state index in [1.165, 1.54) is 0 Å². The van der Waals surface area contributed by atoms with E-state index >= 15 is 0 Å². The molecule has 2 fully saturated rings. The van der Waals surface area contributed by atoms with Crippen molar-refractivity contribution < 1.29 is 19.1 Å². The number of anilines is 1. The van der Waals surface area contributed by atoms with E-state index in [1.807, 2.05) is 37.8 Å². The maximum atomic E-state index is 14.0. The van der Waals surface area contributed by atoms with Gasteiger partial charge in [-0.2, -0.15) is 5.26 Å². The molecular formula is C39H50N6O4. The first-order chi connectivity index (χ1) is 23.1. The summed E-state index contributed by atoms with van der Waals surface area (Å²) in [6.45, 7) is 19.3. The maximum Gasteiger partial charge on any atom is 0.408 e. The maximum absolute atomic E-state index is 14.0. The summed E-state index contributed by atoms with van der Waals surface area (Å²) in [5.74, 6) is 0.210. The van der Waals surface area contributed by atoms with Gasteiger partial charge < -0.3 is 29.7 Å². The van der Waals surface area contributed by atoms with Gasteiger partial charge in [0.2, 0.25) is 5.91 Å². The molecule has 2 N–H and O–H groups in total. The van der Waals surface area contributed by atoms with Crippen LogP contribution in [0.2, 0.25) is 0 Å². The molecule has 2 aliphatic heterocycles. The van der Waals surface area contributed by atoms with Crippen LogP contribution in [0.15, 0.2) is 30.3 Å². The number of rotatable bonds is 7. The quantitative estimate of drug-likeness (QED) is 0.323. The van der Waals surface area contributed by atoms with Gasteiger partial charge in [0.15, 0.2) is 5.78 Å². The number of ether oxygens (including phenoxy) is 1. The Morgan fingerprint density at radius 1 is 1.06 bits per heavy atom. The van der Waals surface area contributed by atoms with E-state index in [-0.39, 0.29) is 23.3 Å². The number of fused-ring (bicyclic) bond motifs is 4. The minimum absolute atomic E-state index is 0.0230. The molecule has 3 heterocycles. The molecule has 2 amide bonds. The number of H-pyrrole nitrogens is 1. The standard InChI is InChI=1S/C39H50N6O4/c1-8-26-21-28-29(38(5,6)35-33(34(28)47)27-12-11-25(23-40)20-30(27)41-35)22-31(26)44-16-18-45(19-17-44)32(46)10-9-14-43-15-13-39(7,24-43)42-36(48)49-37(2,3)4/h11-12,20-22,41H,8-10,13-19,24H2,1-7H3,(H,42,48)/t39-/m1/s1. The van der Waals surface area contributed by atoms with Gasteiger partial charge in [0.25, 0.3) is 0 Å². The molecule has 260 valence electrons.